The molecular weight excluding hydrogens is 176 g/mol. The van der Waals surface area contributed by atoms with Crippen molar-refractivity contribution in [1.82, 2.24) is 0 Å². The van der Waals surface area contributed by atoms with E-state index in [1.165, 1.54) is 50.5 Å². The Morgan fingerprint density at radius 1 is 1.15 bits per heavy atom. The van der Waals surface area contributed by atoms with Crippen LogP contribution in [0.5, 0.6) is 0 Å². The van der Waals surface area contributed by atoms with E-state index in [0.717, 1.165) is 0 Å². The summed E-state index contributed by atoms with van der Waals surface area (Å²) in [4.78, 5) is 0. The van der Waals surface area contributed by atoms with Crippen LogP contribution in [0.1, 0.15) is 51.0 Å². The van der Waals surface area contributed by atoms with E-state index in [2.05, 4.69) is 23.8 Å². The molecule has 1 rings (SSSR count). The third-order valence-corrected chi connectivity index (χ3v) is 3.02. The summed E-state index contributed by atoms with van der Waals surface area (Å²) in [7, 11) is 0. The lowest BCUT2D eigenvalue weighted by molar-refractivity contribution is 0.608. The molecule has 1 aromatic rings. The van der Waals surface area contributed by atoms with E-state index in [1.54, 1.807) is 11.3 Å². The van der Waals surface area contributed by atoms with E-state index in [4.69, 9.17) is 0 Å². The highest BCUT2D eigenvalue weighted by molar-refractivity contribution is 7.07. The highest BCUT2D eigenvalue weighted by atomic mass is 32.1. The molecule has 1 aromatic heterocycles. The molecule has 0 aliphatic carbocycles. The lowest BCUT2D eigenvalue weighted by Crippen LogP contribution is -1.83. The third kappa shape index (κ3) is 5.09. The summed E-state index contributed by atoms with van der Waals surface area (Å²) in [5.41, 5.74) is 1.47. The van der Waals surface area contributed by atoms with E-state index >= 15 is 0 Å². The maximum absolute atomic E-state index is 3.13. The third-order valence-electron chi connectivity index (χ3n) is 2.34. The molecule has 0 saturated carbocycles. The highest BCUT2D eigenvalue weighted by Gasteiger charge is 1.93. The smallest absolute Gasteiger partial charge is 0.0445 e. The summed E-state index contributed by atoms with van der Waals surface area (Å²) >= 11 is 1.69. The molecule has 0 amide bonds. The van der Waals surface area contributed by atoms with Crippen LogP contribution in [0.2, 0.25) is 0 Å². The minimum Gasteiger partial charge on any atom is -0.143 e. The van der Waals surface area contributed by atoms with E-state index in [1.807, 2.05) is 0 Å². The van der Waals surface area contributed by atoms with Crippen LogP contribution in [0, 0.1) is 5.38 Å². The highest BCUT2D eigenvalue weighted by Crippen LogP contribution is 2.11. The fourth-order valence-corrected chi connectivity index (χ4v) is 2.12. The molecule has 1 radical (unpaired) electrons. The van der Waals surface area contributed by atoms with Gasteiger partial charge in [-0.05, 0) is 29.9 Å². The van der Waals surface area contributed by atoms with Crippen molar-refractivity contribution in [3.63, 3.8) is 0 Å². The molecule has 73 valence electrons. The van der Waals surface area contributed by atoms with Gasteiger partial charge in [0.2, 0.25) is 0 Å². The predicted molar refractivity (Wildman–Crippen MR) is 60.2 cm³/mol. The first-order chi connectivity index (χ1) is 6.43. The minimum absolute atomic E-state index is 1.26. The van der Waals surface area contributed by atoms with Gasteiger partial charge in [0.1, 0.15) is 0 Å². The van der Waals surface area contributed by atoms with Crippen LogP contribution in [-0.4, -0.2) is 0 Å². The average Bonchev–Trinajstić information content (AvgIpc) is 2.63. The Bertz CT molecular complexity index is 189. The fourth-order valence-electron chi connectivity index (χ4n) is 1.49. The molecule has 1 heterocycles. The largest absolute Gasteiger partial charge is 0.143 e. The summed E-state index contributed by atoms with van der Waals surface area (Å²) in [6, 6.07) is 2.12. The number of unbranched alkanes of at least 4 members (excludes halogenated alkanes) is 5. The zero-order valence-electron chi connectivity index (χ0n) is 8.51. The maximum atomic E-state index is 3.13. The fraction of sp³-hybridized carbons (Fsp3) is 0.667. The standard InChI is InChI=1S/C12H19S/c1-2-3-4-5-6-7-8-12-9-10-13-11-12/h9,11H,2-8H2,1H3. The second-order valence-electron chi connectivity index (χ2n) is 3.59. The van der Waals surface area contributed by atoms with Crippen molar-refractivity contribution in [3.8, 4) is 0 Å². The molecule has 0 bridgehead atoms. The van der Waals surface area contributed by atoms with E-state index < -0.39 is 0 Å². The number of hydrogen-bond acceptors (Lipinski definition) is 1. The molecule has 13 heavy (non-hydrogen) atoms. The van der Waals surface area contributed by atoms with Crippen LogP contribution >= 0.6 is 11.3 Å². The molecule has 0 atom stereocenters. The Labute approximate surface area is 86.0 Å². The van der Waals surface area contributed by atoms with Gasteiger partial charge in [-0.2, -0.15) is 0 Å². The van der Waals surface area contributed by atoms with Crippen molar-refractivity contribution in [2.45, 2.75) is 51.9 Å². The van der Waals surface area contributed by atoms with Gasteiger partial charge in [0, 0.05) is 5.38 Å². The lowest BCUT2D eigenvalue weighted by atomic mass is 10.1. The lowest BCUT2D eigenvalue weighted by Gasteiger charge is -1.98. The van der Waals surface area contributed by atoms with Crippen LogP contribution in [0.15, 0.2) is 11.4 Å². The maximum Gasteiger partial charge on any atom is 0.0445 e. The number of aryl methyl sites for hydroxylation is 1. The number of rotatable bonds is 7. The zero-order valence-corrected chi connectivity index (χ0v) is 9.33. The second kappa shape index (κ2) is 7.14. The van der Waals surface area contributed by atoms with Gasteiger partial charge >= 0.3 is 0 Å². The van der Waals surface area contributed by atoms with E-state index in [-0.39, 0.29) is 0 Å². The normalized spacial score (nSPS) is 10.5. The number of thiophene rings is 1. The van der Waals surface area contributed by atoms with E-state index in [9.17, 15) is 0 Å². The van der Waals surface area contributed by atoms with Gasteiger partial charge in [0.15, 0.2) is 0 Å². The first kappa shape index (κ1) is 10.8. The molecular formula is C12H19S. The van der Waals surface area contributed by atoms with Crippen molar-refractivity contribution in [3.05, 3.63) is 22.4 Å². The molecule has 0 unspecified atom stereocenters. The van der Waals surface area contributed by atoms with Gasteiger partial charge in [-0.25, -0.2) is 0 Å². The predicted octanol–water partition coefficient (Wildman–Crippen LogP) is 4.45. The van der Waals surface area contributed by atoms with E-state index in [0.29, 0.717) is 0 Å². The monoisotopic (exact) mass is 195 g/mol. The molecule has 0 aliphatic heterocycles. The van der Waals surface area contributed by atoms with Crippen LogP contribution in [0.3, 0.4) is 0 Å². The minimum atomic E-state index is 1.26. The summed E-state index contributed by atoms with van der Waals surface area (Å²) in [5.74, 6) is 0. The summed E-state index contributed by atoms with van der Waals surface area (Å²) < 4.78 is 0. The quantitative estimate of drug-likeness (QED) is 0.564. The van der Waals surface area contributed by atoms with Gasteiger partial charge in [0.25, 0.3) is 0 Å². The molecule has 0 spiro atoms. The first-order valence-electron chi connectivity index (χ1n) is 5.37. The van der Waals surface area contributed by atoms with Crippen molar-refractivity contribution < 1.29 is 0 Å². The molecule has 1 heteroatoms. The van der Waals surface area contributed by atoms with Crippen LogP contribution < -0.4 is 0 Å². The first-order valence-corrected chi connectivity index (χ1v) is 6.25. The SMILES string of the molecule is CCCCCCCCc1c[c]sc1. The zero-order chi connectivity index (χ0) is 9.36. The van der Waals surface area contributed by atoms with Gasteiger partial charge in [-0.1, -0.05) is 39.0 Å². The molecule has 0 aromatic carbocycles. The molecule has 0 N–H and O–H groups in total. The van der Waals surface area contributed by atoms with Crippen molar-refractivity contribution >= 4 is 11.3 Å². The second-order valence-corrected chi connectivity index (χ2v) is 4.30. The van der Waals surface area contributed by atoms with Crippen molar-refractivity contribution in [2.24, 2.45) is 0 Å². The Kier molecular flexibility index (Phi) is 5.92. The summed E-state index contributed by atoms with van der Waals surface area (Å²) in [6.07, 6.45) is 9.61. The Hall–Kier alpha value is -0.300. The molecule has 0 nitrogen and oxygen atoms in total. The molecule has 0 aliphatic rings. The Morgan fingerprint density at radius 2 is 1.92 bits per heavy atom. The van der Waals surface area contributed by atoms with Gasteiger partial charge in [-0.15, -0.1) is 11.3 Å². The van der Waals surface area contributed by atoms with Crippen LogP contribution in [0.25, 0.3) is 0 Å². The molecule has 0 fully saturated rings. The topological polar surface area (TPSA) is 0 Å². The average molecular weight is 195 g/mol. The summed E-state index contributed by atoms with van der Waals surface area (Å²) in [6.45, 7) is 2.27. The van der Waals surface area contributed by atoms with Crippen LogP contribution in [0.4, 0.5) is 0 Å². The van der Waals surface area contributed by atoms with Gasteiger partial charge in [-0.3, -0.25) is 0 Å². The van der Waals surface area contributed by atoms with Crippen molar-refractivity contribution in [2.75, 3.05) is 0 Å². The Balaban J connectivity index is 1.90. The van der Waals surface area contributed by atoms with Crippen LogP contribution in [-0.2, 0) is 6.42 Å². The van der Waals surface area contributed by atoms with Gasteiger partial charge < -0.3 is 0 Å². The number of hydrogen-bond donors (Lipinski definition) is 0. The Morgan fingerprint density at radius 3 is 2.62 bits per heavy atom. The van der Waals surface area contributed by atoms with Gasteiger partial charge in [0.05, 0.1) is 0 Å². The summed E-state index contributed by atoms with van der Waals surface area (Å²) in [5, 5.41) is 5.35. The molecule has 0 saturated heterocycles. The van der Waals surface area contributed by atoms with Crippen molar-refractivity contribution in [1.29, 1.82) is 0 Å².